The van der Waals surface area contributed by atoms with Crippen molar-refractivity contribution in [2.45, 2.75) is 51.7 Å². The zero-order valence-corrected chi connectivity index (χ0v) is 10.6. The van der Waals surface area contributed by atoms with Crippen LogP contribution in [0.4, 0.5) is 0 Å². The minimum Gasteiger partial charge on any atom is -0.379 e. The SMILES string of the molecule is CC(C)OCCCNC(=O)C(C)(N)C1CC1. The van der Waals surface area contributed by atoms with Gasteiger partial charge in [-0.2, -0.15) is 0 Å². The molecule has 1 saturated carbocycles. The fourth-order valence-corrected chi connectivity index (χ4v) is 1.65. The van der Waals surface area contributed by atoms with Crippen molar-refractivity contribution in [3.8, 4) is 0 Å². The first-order chi connectivity index (χ1) is 7.44. The Morgan fingerprint density at radius 3 is 2.69 bits per heavy atom. The Morgan fingerprint density at radius 2 is 2.19 bits per heavy atom. The lowest BCUT2D eigenvalue weighted by atomic mass is 9.96. The Morgan fingerprint density at radius 1 is 1.56 bits per heavy atom. The van der Waals surface area contributed by atoms with Crippen LogP contribution in [0.1, 0.15) is 40.0 Å². The van der Waals surface area contributed by atoms with Crippen LogP contribution in [0.25, 0.3) is 0 Å². The molecule has 4 nitrogen and oxygen atoms in total. The molecule has 0 aromatic carbocycles. The smallest absolute Gasteiger partial charge is 0.240 e. The summed E-state index contributed by atoms with van der Waals surface area (Å²) < 4.78 is 5.39. The highest BCUT2D eigenvalue weighted by Crippen LogP contribution is 2.37. The molecule has 1 aliphatic carbocycles. The predicted molar refractivity (Wildman–Crippen MR) is 64.0 cm³/mol. The van der Waals surface area contributed by atoms with E-state index in [2.05, 4.69) is 5.32 Å². The van der Waals surface area contributed by atoms with Crippen LogP contribution in [0.15, 0.2) is 0 Å². The number of nitrogens with one attached hydrogen (secondary N) is 1. The third-order valence-corrected chi connectivity index (χ3v) is 2.97. The average molecular weight is 228 g/mol. The van der Waals surface area contributed by atoms with Gasteiger partial charge in [-0.05, 0) is 46.0 Å². The first-order valence-electron chi connectivity index (χ1n) is 6.13. The molecular weight excluding hydrogens is 204 g/mol. The van der Waals surface area contributed by atoms with Gasteiger partial charge in [0.2, 0.25) is 5.91 Å². The summed E-state index contributed by atoms with van der Waals surface area (Å²) in [5.41, 5.74) is 5.30. The summed E-state index contributed by atoms with van der Waals surface area (Å²) in [6.07, 6.45) is 3.25. The van der Waals surface area contributed by atoms with Gasteiger partial charge in [0.1, 0.15) is 0 Å². The Bertz CT molecular complexity index is 235. The van der Waals surface area contributed by atoms with Gasteiger partial charge >= 0.3 is 0 Å². The average Bonchev–Trinajstić information content (AvgIpc) is 2.99. The molecule has 1 rings (SSSR count). The molecule has 0 bridgehead atoms. The molecule has 1 fully saturated rings. The second-order valence-electron chi connectivity index (χ2n) is 5.09. The summed E-state index contributed by atoms with van der Waals surface area (Å²) in [7, 11) is 0. The molecule has 1 unspecified atom stereocenters. The zero-order chi connectivity index (χ0) is 12.2. The molecule has 1 atom stereocenters. The first kappa shape index (κ1) is 13.5. The van der Waals surface area contributed by atoms with Crippen LogP contribution in [0.2, 0.25) is 0 Å². The van der Waals surface area contributed by atoms with Crippen LogP contribution in [0.5, 0.6) is 0 Å². The summed E-state index contributed by atoms with van der Waals surface area (Å²) in [5, 5.41) is 2.87. The Labute approximate surface area is 97.9 Å². The topological polar surface area (TPSA) is 64.3 Å². The van der Waals surface area contributed by atoms with Crippen LogP contribution in [-0.4, -0.2) is 30.7 Å². The summed E-state index contributed by atoms with van der Waals surface area (Å²) in [5.74, 6) is 0.346. The van der Waals surface area contributed by atoms with Crippen molar-refractivity contribution in [3.05, 3.63) is 0 Å². The monoisotopic (exact) mass is 228 g/mol. The molecule has 0 aromatic rings. The van der Waals surface area contributed by atoms with Gasteiger partial charge in [0, 0.05) is 13.2 Å². The molecule has 0 radical (unpaired) electrons. The Balaban J connectivity index is 2.10. The van der Waals surface area contributed by atoms with Gasteiger partial charge in [0.15, 0.2) is 0 Å². The number of nitrogens with two attached hydrogens (primary N) is 1. The molecule has 0 heterocycles. The molecule has 3 N–H and O–H groups in total. The maximum atomic E-state index is 11.8. The van der Waals surface area contributed by atoms with E-state index in [1.807, 2.05) is 20.8 Å². The first-order valence-corrected chi connectivity index (χ1v) is 6.13. The van der Waals surface area contributed by atoms with E-state index in [0.29, 0.717) is 19.1 Å². The molecule has 94 valence electrons. The van der Waals surface area contributed by atoms with Crippen molar-refractivity contribution in [2.75, 3.05) is 13.2 Å². The molecule has 0 aliphatic heterocycles. The zero-order valence-electron chi connectivity index (χ0n) is 10.6. The highest BCUT2D eigenvalue weighted by molar-refractivity contribution is 5.86. The van der Waals surface area contributed by atoms with E-state index in [1.165, 1.54) is 0 Å². The van der Waals surface area contributed by atoms with Crippen molar-refractivity contribution in [1.29, 1.82) is 0 Å². The maximum absolute atomic E-state index is 11.8. The Hall–Kier alpha value is -0.610. The van der Waals surface area contributed by atoms with Crippen LogP contribution in [0, 0.1) is 5.92 Å². The largest absolute Gasteiger partial charge is 0.379 e. The van der Waals surface area contributed by atoms with E-state index < -0.39 is 5.54 Å². The summed E-state index contributed by atoms with van der Waals surface area (Å²) >= 11 is 0. The van der Waals surface area contributed by atoms with Crippen molar-refractivity contribution < 1.29 is 9.53 Å². The van der Waals surface area contributed by atoms with E-state index in [1.54, 1.807) is 0 Å². The van der Waals surface area contributed by atoms with Gasteiger partial charge in [-0.25, -0.2) is 0 Å². The van der Waals surface area contributed by atoms with Crippen molar-refractivity contribution in [1.82, 2.24) is 5.32 Å². The number of amides is 1. The van der Waals surface area contributed by atoms with Gasteiger partial charge in [-0.15, -0.1) is 0 Å². The third kappa shape index (κ3) is 4.10. The summed E-state index contributed by atoms with van der Waals surface area (Å²) in [6.45, 7) is 7.16. The van der Waals surface area contributed by atoms with Crippen molar-refractivity contribution in [2.24, 2.45) is 11.7 Å². The molecule has 0 saturated heterocycles. The van der Waals surface area contributed by atoms with E-state index in [9.17, 15) is 4.79 Å². The van der Waals surface area contributed by atoms with Crippen molar-refractivity contribution >= 4 is 5.91 Å². The standard InChI is InChI=1S/C12H24N2O2/c1-9(2)16-8-4-7-14-11(15)12(3,13)10-5-6-10/h9-10H,4-8,13H2,1-3H3,(H,14,15). The highest BCUT2D eigenvalue weighted by Gasteiger charge is 2.43. The normalized spacial score (nSPS) is 19.6. The lowest BCUT2D eigenvalue weighted by molar-refractivity contribution is -0.126. The molecule has 1 aliphatic rings. The maximum Gasteiger partial charge on any atom is 0.240 e. The minimum atomic E-state index is -0.682. The number of hydrogen-bond acceptors (Lipinski definition) is 3. The number of carbonyl (C=O) groups excluding carboxylic acids is 1. The molecule has 0 spiro atoms. The molecule has 1 amide bonds. The fraction of sp³-hybridized carbons (Fsp3) is 0.917. The van der Waals surface area contributed by atoms with Gasteiger partial charge < -0.3 is 15.8 Å². The molecular formula is C12H24N2O2. The van der Waals surface area contributed by atoms with Crippen LogP contribution in [-0.2, 0) is 9.53 Å². The lowest BCUT2D eigenvalue weighted by Crippen LogP contribution is -2.53. The number of ether oxygens (including phenoxy) is 1. The van der Waals surface area contributed by atoms with Crippen LogP contribution >= 0.6 is 0 Å². The number of rotatable bonds is 7. The van der Waals surface area contributed by atoms with E-state index in [-0.39, 0.29) is 12.0 Å². The minimum absolute atomic E-state index is 0.0282. The highest BCUT2D eigenvalue weighted by atomic mass is 16.5. The van der Waals surface area contributed by atoms with Gasteiger partial charge in [0.05, 0.1) is 11.6 Å². The molecule has 16 heavy (non-hydrogen) atoms. The number of carbonyl (C=O) groups is 1. The summed E-state index contributed by atoms with van der Waals surface area (Å²) in [4.78, 5) is 11.8. The fourth-order valence-electron chi connectivity index (χ4n) is 1.65. The predicted octanol–water partition coefficient (Wildman–Crippen LogP) is 1.05. The molecule has 0 aromatic heterocycles. The van der Waals surface area contributed by atoms with Crippen LogP contribution < -0.4 is 11.1 Å². The number of hydrogen-bond donors (Lipinski definition) is 2. The lowest BCUT2D eigenvalue weighted by Gasteiger charge is -2.23. The summed E-state index contributed by atoms with van der Waals surface area (Å²) in [6, 6.07) is 0. The van der Waals surface area contributed by atoms with Crippen molar-refractivity contribution in [3.63, 3.8) is 0 Å². The van der Waals surface area contributed by atoms with Gasteiger partial charge in [0.25, 0.3) is 0 Å². The van der Waals surface area contributed by atoms with Gasteiger partial charge in [-0.1, -0.05) is 0 Å². The van der Waals surface area contributed by atoms with E-state index >= 15 is 0 Å². The third-order valence-electron chi connectivity index (χ3n) is 2.97. The van der Waals surface area contributed by atoms with E-state index in [4.69, 9.17) is 10.5 Å². The second-order valence-corrected chi connectivity index (χ2v) is 5.09. The van der Waals surface area contributed by atoms with Gasteiger partial charge in [-0.3, -0.25) is 4.79 Å². The van der Waals surface area contributed by atoms with Crippen LogP contribution in [0.3, 0.4) is 0 Å². The molecule has 4 heteroatoms. The second kappa shape index (κ2) is 5.64. The van der Waals surface area contributed by atoms with E-state index in [0.717, 1.165) is 19.3 Å². The Kier molecular flexibility index (Phi) is 4.74. The quantitative estimate of drug-likeness (QED) is 0.640.